The Hall–Kier alpha value is -1.68. The van der Waals surface area contributed by atoms with Crippen LogP contribution in [0.5, 0.6) is 5.75 Å². The summed E-state index contributed by atoms with van der Waals surface area (Å²) in [5.74, 6) is 0.174. The first-order valence-corrected chi connectivity index (χ1v) is 19.9. The molecule has 3 fully saturated rings. The van der Waals surface area contributed by atoms with E-state index in [1.54, 1.807) is 19.9 Å². The molecule has 1 aromatic rings. The summed E-state index contributed by atoms with van der Waals surface area (Å²) in [6, 6.07) is 5.95. The summed E-state index contributed by atoms with van der Waals surface area (Å²) in [7, 11) is -3.25. The van der Waals surface area contributed by atoms with Crippen LogP contribution in [0.15, 0.2) is 30.5 Å². The van der Waals surface area contributed by atoms with Crippen molar-refractivity contribution in [3.8, 4) is 5.75 Å². The molecule has 276 valence electrons. The van der Waals surface area contributed by atoms with Gasteiger partial charge in [-0.25, -0.2) is 0 Å². The van der Waals surface area contributed by atoms with Gasteiger partial charge in [-0.05, 0) is 0 Å². The van der Waals surface area contributed by atoms with Crippen LogP contribution in [-0.4, -0.2) is 59.7 Å². The van der Waals surface area contributed by atoms with Gasteiger partial charge < -0.3 is 0 Å². The Kier molecular flexibility index (Phi) is 13.1. The fraction of sp³-hybridized carbons (Fsp3) is 0.771. The second-order valence-corrected chi connectivity index (χ2v) is 19.2. The molecule has 1 aromatic carbocycles. The molecular formula is C35H50F9O3P. The van der Waals surface area contributed by atoms with Crippen molar-refractivity contribution in [2.24, 2.45) is 0 Å². The molecule has 13 heteroatoms. The van der Waals surface area contributed by atoms with E-state index in [4.69, 9.17) is 9.47 Å². The SMILES string of the molecule is CC(C)Oc1ccccc1/C=C\O[C@H](C(F)(F)F)C(OC[PH](C1CCCCC1)(C1CCCCC1)C1CCCCC1)(C(F)(F)F)C(F)(F)F. The Balaban J connectivity index is 1.81. The van der Waals surface area contributed by atoms with Gasteiger partial charge in [-0.15, -0.1) is 0 Å². The van der Waals surface area contributed by atoms with Crippen molar-refractivity contribution in [3.05, 3.63) is 36.1 Å². The van der Waals surface area contributed by atoms with Gasteiger partial charge in [0.05, 0.1) is 0 Å². The first-order chi connectivity index (χ1) is 22.5. The van der Waals surface area contributed by atoms with Crippen LogP contribution < -0.4 is 4.74 Å². The average molecular weight is 721 g/mol. The van der Waals surface area contributed by atoms with Crippen LogP contribution in [0.2, 0.25) is 0 Å². The third-order valence-electron chi connectivity index (χ3n) is 10.9. The van der Waals surface area contributed by atoms with Gasteiger partial charge in [0.2, 0.25) is 0 Å². The van der Waals surface area contributed by atoms with Crippen LogP contribution in [0.3, 0.4) is 0 Å². The van der Waals surface area contributed by atoms with Gasteiger partial charge in [0.1, 0.15) is 0 Å². The van der Waals surface area contributed by atoms with Crippen LogP contribution in [0.25, 0.3) is 6.08 Å². The molecule has 0 unspecified atom stereocenters. The van der Waals surface area contributed by atoms with Crippen molar-refractivity contribution in [2.75, 3.05) is 6.35 Å². The molecule has 4 rings (SSSR count). The summed E-state index contributed by atoms with van der Waals surface area (Å²) in [6.07, 6.45) is -12.0. The van der Waals surface area contributed by atoms with Crippen LogP contribution in [0.1, 0.15) is 116 Å². The van der Waals surface area contributed by atoms with E-state index in [0.717, 1.165) is 63.9 Å². The molecule has 1 atom stereocenters. The second-order valence-electron chi connectivity index (χ2n) is 14.2. The topological polar surface area (TPSA) is 27.7 Å². The molecule has 0 aliphatic heterocycles. The van der Waals surface area contributed by atoms with Gasteiger partial charge in [-0.3, -0.25) is 0 Å². The maximum atomic E-state index is 15.1. The van der Waals surface area contributed by atoms with Crippen LogP contribution in [0.4, 0.5) is 39.5 Å². The Morgan fingerprint density at radius 1 is 0.688 bits per heavy atom. The molecule has 0 bridgehead atoms. The van der Waals surface area contributed by atoms with E-state index in [0.29, 0.717) is 38.5 Å². The van der Waals surface area contributed by atoms with Crippen LogP contribution >= 0.6 is 7.26 Å². The van der Waals surface area contributed by atoms with E-state index >= 15 is 26.3 Å². The number of alkyl halides is 9. The number of benzene rings is 1. The van der Waals surface area contributed by atoms with E-state index in [1.807, 2.05) is 0 Å². The number of halogens is 9. The number of para-hydroxylation sites is 1. The number of rotatable bonds is 12. The molecule has 0 aromatic heterocycles. The maximum absolute atomic E-state index is 15.1. The van der Waals surface area contributed by atoms with Gasteiger partial charge >= 0.3 is 279 Å². The van der Waals surface area contributed by atoms with Crippen molar-refractivity contribution in [3.63, 3.8) is 0 Å². The predicted octanol–water partition coefficient (Wildman–Crippen LogP) is 12.0. The summed E-state index contributed by atoms with van der Waals surface area (Å²) in [5, 5.41) is 0. The van der Waals surface area contributed by atoms with Crippen LogP contribution in [-0.2, 0) is 9.47 Å². The van der Waals surface area contributed by atoms with Crippen LogP contribution in [0, 0.1) is 0 Å². The van der Waals surface area contributed by atoms with E-state index in [9.17, 15) is 13.2 Å². The minimum atomic E-state index is -6.50. The predicted molar refractivity (Wildman–Crippen MR) is 172 cm³/mol. The van der Waals surface area contributed by atoms with Gasteiger partial charge in [0.15, 0.2) is 0 Å². The van der Waals surface area contributed by atoms with Crippen molar-refractivity contribution in [2.45, 2.75) is 163 Å². The molecule has 0 amide bonds. The van der Waals surface area contributed by atoms with E-state index in [1.165, 1.54) is 18.2 Å². The zero-order valence-electron chi connectivity index (χ0n) is 27.8. The van der Waals surface area contributed by atoms with Crippen molar-refractivity contribution in [1.29, 1.82) is 0 Å². The second kappa shape index (κ2) is 16.1. The van der Waals surface area contributed by atoms with E-state index < -0.39 is 43.8 Å². The molecule has 0 radical (unpaired) electrons. The Bertz CT molecular complexity index is 1100. The molecule has 0 N–H and O–H groups in total. The molecular weight excluding hydrogens is 670 g/mol. The number of ether oxygens (including phenoxy) is 3. The quantitative estimate of drug-likeness (QED) is 0.122. The Labute approximate surface area is 278 Å². The number of hydrogen-bond donors (Lipinski definition) is 0. The minimum absolute atomic E-state index is 0.0979. The molecule has 3 aliphatic rings. The molecule has 0 saturated heterocycles. The summed E-state index contributed by atoms with van der Waals surface area (Å²) in [5.41, 5.74) is -5.80. The fourth-order valence-electron chi connectivity index (χ4n) is 8.78. The molecule has 3 nitrogen and oxygen atoms in total. The van der Waals surface area contributed by atoms with E-state index in [-0.39, 0.29) is 40.7 Å². The molecule has 3 aliphatic carbocycles. The zero-order chi connectivity index (χ0) is 35.2. The van der Waals surface area contributed by atoms with Crippen molar-refractivity contribution < 1.29 is 53.7 Å². The average Bonchev–Trinajstić information content (AvgIpc) is 3.02. The van der Waals surface area contributed by atoms with Gasteiger partial charge in [0.25, 0.3) is 0 Å². The summed E-state index contributed by atoms with van der Waals surface area (Å²) in [4.78, 5) is 0. The Morgan fingerprint density at radius 2 is 1.12 bits per heavy atom. The normalized spacial score (nSPS) is 21.5. The molecule has 3 saturated carbocycles. The van der Waals surface area contributed by atoms with E-state index in [2.05, 4.69) is 4.74 Å². The molecule has 48 heavy (non-hydrogen) atoms. The molecule has 0 heterocycles. The Morgan fingerprint density at radius 3 is 1.52 bits per heavy atom. The monoisotopic (exact) mass is 720 g/mol. The first kappa shape index (κ1) is 39.1. The van der Waals surface area contributed by atoms with Gasteiger partial charge in [-0.2, -0.15) is 0 Å². The van der Waals surface area contributed by atoms with Gasteiger partial charge in [0, 0.05) is 0 Å². The summed E-state index contributed by atoms with van der Waals surface area (Å²) in [6.45, 7) is 3.37. The van der Waals surface area contributed by atoms with Crippen molar-refractivity contribution in [1.82, 2.24) is 0 Å². The zero-order valence-corrected chi connectivity index (χ0v) is 28.8. The summed E-state index contributed by atoms with van der Waals surface area (Å²) >= 11 is 0. The first-order valence-electron chi connectivity index (χ1n) is 17.5. The third kappa shape index (κ3) is 8.60. The fourth-order valence-corrected chi connectivity index (χ4v) is 16.4. The number of hydrogen-bond acceptors (Lipinski definition) is 3. The third-order valence-corrected chi connectivity index (χ3v) is 17.8. The summed E-state index contributed by atoms with van der Waals surface area (Å²) < 4.78 is 150. The standard InChI is InChI=1S/C35H50F9O3P/c1-25(2)47-30-21-13-12-14-26(30)22-23-45-31(33(36,37)38)32(34(39,40)41,35(42,43)44)46-24-48(27-15-6-3-7-16-27,28-17-8-4-9-18-28)29-19-10-5-11-20-29/h12-14,21-23,25,27-29,31,48H,3-11,15-20,24H2,1-2H3/b23-22-/t31-/m0/s1. The van der Waals surface area contributed by atoms with Gasteiger partial charge in [-0.1, -0.05) is 0 Å². The van der Waals surface area contributed by atoms with Crippen molar-refractivity contribution >= 4 is 13.3 Å². The molecule has 0 spiro atoms.